The molecule has 0 saturated heterocycles. The highest BCUT2D eigenvalue weighted by atomic mass is 79.9. The van der Waals surface area contributed by atoms with Gasteiger partial charge in [0.05, 0.1) is 27.4 Å². The van der Waals surface area contributed by atoms with E-state index in [1.165, 1.54) is 6.92 Å². The second-order valence-corrected chi connectivity index (χ2v) is 3.45. The van der Waals surface area contributed by atoms with E-state index < -0.39 is 11.6 Å². The van der Waals surface area contributed by atoms with Crippen molar-refractivity contribution in [1.29, 1.82) is 0 Å². The summed E-state index contributed by atoms with van der Waals surface area (Å²) in [6.07, 6.45) is 0.824. The van der Waals surface area contributed by atoms with Crippen LogP contribution >= 0.6 is 15.9 Å². The second-order valence-electron chi connectivity index (χ2n) is 2.65. The van der Waals surface area contributed by atoms with Crippen LogP contribution in [-0.4, -0.2) is 10.2 Å². The van der Waals surface area contributed by atoms with E-state index in [1.54, 1.807) is 0 Å². The number of rotatable bonds is 0. The summed E-state index contributed by atoms with van der Waals surface area (Å²) in [6, 6.07) is 0. The molecule has 0 unspecified atom stereocenters. The molecule has 2 N–H and O–H groups in total. The average molecular weight is 265 g/mol. The first-order valence-electron chi connectivity index (χ1n) is 3.66. The van der Waals surface area contributed by atoms with Crippen LogP contribution in [0.2, 0.25) is 0 Å². The van der Waals surface area contributed by atoms with Crippen LogP contribution in [0, 0.1) is 18.6 Å². The van der Waals surface area contributed by atoms with E-state index in [0.717, 1.165) is 0 Å². The predicted octanol–water partition coefficient (Wildman–Crippen LogP) is 1.63. The summed E-state index contributed by atoms with van der Waals surface area (Å²) in [5.74, 6) is -1.59. The smallest absolute Gasteiger partial charge is 0.148 e. The summed E-state index contributed by atoms with van der Waals surface area (Å²) >= 11 is 2.84. The predicted molar refractivity (Wildman–Crippen MR) is 52.2 cm³/mol. The largest absolute Gasteiger partial charge is 0.515 e. The van der Waals surface area contributed by atoms with Crippen molar-refractivity contribution in [2.75, 3.05) is 0 Å². The van der Waals surface area contributed by atoms with E-state index in [2.05, 4.69) is 15.9 Å². The van der Waals surface area contributed by atoms with Gasteiger partial charge in [-0.2, -0.15) is 0 Å². The molecular formula is C9H7BrF2O2. The van der Waals surface area contributed by atoms with Gasteiger partial charge in [-0.25, -0.2) is 8.78 Å². The molecule has 5 heteroatoms. The molecule has 0 fully saturated rings. The Morgan fingerprint density at radius 1 is 1.07 bits per heavy atom. The zero-order chi connectivity index (χ0) is 10.9. The number of hydrogen-bond acceptors (Lipinski definition) is 2. The molecule has 0 atom stereocenters. The lowest BCUT2D eigenvalue weighted by molar-refractivity contribution is 0.510. The van der Waals surface area contributed by atoms with Crippen molar-refractivity contribution in [2.45, 2.75) is 6.92 Å². The fourth-order valence-electron chi connectivity index (χ4n) is 1.07. The van der Waals surface area contributed by atoms with E-state index in [1.807, 2.05) is 0 Å². The molecular weight excluding hydrogens is 258 g/mol. The summed E-state index contributed by atoms with van der Waals surface area (Å²) in [5, 5.41) is 16.6. The molecule has 0 amide bonds. The minimum Gasteiger partial charge on any atom is -0.515 e. The molecule has 0 radical (unpaired) electrons. The van der Waals surface area contributed by atoms with Gasteiger partial charge in [-0.1, -0.05) is 0 Å². The van der Waals surface area contributed by atoms with Crippen LogP contribution in [0.1, 0.15) is 5.56 Å². The second kappa shape index (κ2) is 3.96. The highest BCUT2D eigenvalue weighted by Gasteiger charge is 2.12. The number of aliphatic hydroxyl groups is 2. The Kier molecular flexibility index (Phi) is 3.10. The van der Waals surface area contributed by atoms with Gasteiger partial charge in [0.15, 0.2) is 0 Å². The summed E-state index contributed by atoms with van der Waals surface area (Å²) in [6.45, 7) is 1.36. The van der Waals surface area contributed by atoms with E-state index >= 15 is 0 Å². The highest BCUT2D eigenvalue weighted by Crippen LogP contribution is 2.17. The minimum absolute atomic E-state index is 0.0356. The van der Waals surface area contributed by atoms with Crippen molar-refractivity contribution >= 4 is 28.5 Å². The topological polar surface area (TPSA) is 40.5 Å². The molecule has 0 aromatic heterocycles. The molecule has 76 valence electrons. The zero-order valence-corrected chi connectivity index (χ0v) is 8.77. The van der Waals surface area contributed by atoms with Gasteiger partial charge >= 0.3 is 0 Å². The standard InChI is InChI=1S/C9H7BrF2O2/c1-4-7(10)9(12)6(3-14)5(2-13)8(4)11/h2-3,13-14H,1H3. The van der Waals surface area contributed by atoms with Gasteiger partial charge in [-0.15, -0.1) is 0 Å². The van der Waals surface area contributed by atoms with Crippen molar-refractivity contribution < 1.29 is 19.0 Å². The first-order valence-corrected chi connectivity index (χ1v) is 4.45. The van der Waals surface area contributed by atoms with Crippen molar-refractivity contribution in [3.05, 3.63) is 32.1 Å². The lowest BCUT2D eigenvalue weighted by Gasteiger charge is -2.03. The third-order valence-electron chi connectivity index (χ3n) is 1.87. The lowest BCUT2D eigenvalue weighted by Crippen LogP contribution is -2.33. The van der Waals surface area contributed by atoms with E-state index in [9.17, 15) is 8.78 Å². The van der Waals surface area contributed by atoms with Gasteiger partial charge in [-0.05, 0) is 22.9 Å². The van der Waals surface area contributed by atoms with Crippen molar-refractivity contribution in [2.24, 2.45) is 0 Å². The van der Waals surface area contributed by atoms with Crippen LogP contribution < -0.4 is 10.4 Å². The maximum atomic E-state index is 13.4. The van der Waals surface area contributed by atoms with Gasteiger partial charge in [0.2, 0.25) is 0 Å². The molecule has 0 bridgehead atoms. The van der Waals surface area contributed by atoms with Crippen LogP contribution in [-0.2, 0) is 0 Å². The fraction of sp³-hybridized carbons (Fsp3) is 0.111. The molecule has 0 heterocycles. The number of halogens is 3. The third kappa shape index (κ3) is 1.48. The molecule has 0 spiro atoms. The Morgan fingerprint density at radius 2 is 1.50 bits per heavy atom. The van der Waals surface area contributed by atoms with Crippen LogP contribution in [0.15, 0.2) is 4.47 Å². The molecule has 0 aliphatic carbocycles. The van der Waals surface area contributed by atoms with E-state index in [-0.39, 0.29) is 20.5 Å². The van der Waals surface area contributed by atoms with Crippen LogP contribution in [0.3, 0.4) is 0 Å². The molecule has 0 aliphatic rings. The SMILES string of the molecule is Cc1c(Br)c(F)c(=CO)c(=CO)c1F. The maximum Gasteiger partial charge on any atom is 0.148 e. The molecule has 2 nitrogen and oxygen atoms in total. The third-order valence-corrected chi connectivity index (χ3v) is 2.82. The van der Waals surface area contributed by atoms with Crippen molar-refractivity contribution in [1.82, 2.24) is 0 Å². The van der Waals surface area contributed by atoms with Crippen molar-refractivity contribution in [3.63, 3.8) is 0 Å². The lowest BCUT2D eigenvalue weighted by atomic mass is 10.1. The number of hydrogen-bond donors (Lipinski definition) is 2. The minimum atomic E-state index is -0.813. The molecule has 0 aliphatic heterocycles. The Labute approximate surface area is 86.9 Å². The first-order chi connectivity index (χ1) is 6.54. The quantitative estimate of drug-likeness (QED) is 0.700. The van der Waals surface area contributed by atoms with Gasteiger partial charge in [-0.3, -0.25) is 0 Å². The van der Waals surface area contributed by atoms with Crippen LogP contribution in [0.5, 0.6) is 0 Å². The molecule has 1 rings (SSSR count). The van der Waals surface area contributed by atoms with Gasteiger partial charge < -0.3 is 10.2 Å². The Bertz CT molecular complexity index is 438. The molecule has 1 aromatic rings. The summed E-state index contributed by atoms with van der Waals surface area (Å²) in [7, 11) is 0. The Hall–Kier alpha value is -1.10. The highest BCUT2D eigenvalue weighted by molar-refractivity contribution is 9.10. The molecule has 14 heavy (non-hydrogen) atoms. The maximum absolute atomic E-state index is 13.4. The van der Waals surface area contributed by atoms with E-state index in [4.69, 9.17) is 10.2 Å². The summed E-state index contributed by atoms with van der Waals surface area (Å²) in [5.41, 5.74) is 0.0356. The van der Waals surface area contributed by atoms with E-state index in [0.29, 0.717) is 12.5 Å². The van der Waals surface area contributed by atoms with Gasteiger partial charge in [0.1, 0.15) is 11.6 Å². The average Bonchev–Trinajstić information content (AvgIpc) is 2.20. The summed E-state index contributed by atoms with van der Waals surface area (Å²) < 4.78 is 26.7. The monoisotopic (exact) mass is 264 g/mol. The normalized spacial score (nSPS) is 13.7. The van der Waals surface area contributed by atoms with Gasteiger partial charge in [0.25, 0.3) is 0 Å². The van der Waals surface area contributed by atoms with Gasteiger partial charge in [0, 0.05) is 5.56 Å². The molecule has 0 saturated carbocycles. The van der Waals surface area contributed by atoms with Crippen LogP contribution in [0.25, 0.3) is 12.5 Å². The van der Waals surface area contributed by atoms with Crippen molar-refractivity contribution in [3.8, 4) is 0 Å². The first kappa shape index (κ1) is 11.0. The number of benzene rings is 1. The summed E-state index contributed by atoms with van der Waals surface area (Å²) in [4.78, 5) is 0. The number of aliphatic hydroxyl groups excluding tert-OH is 2. The Morgan fingerprint density at radius 3 is 1.93 bits per heavy atom. The molecule has 1 aromatic carbocycles. The van der Waals surface area contributed by atoms with Crippen LogP contribution in [0.4, 0.5) is 8.78 Å². The Balaban J connectivity index is 3.97. The zero-order valence-electron chi connectivity index (χ0n) is 7.18. The fourth-order valence-corrected chi connectivity index (χ4v) is 1.46.